The van der Waals surface area contributed by atoms with Crippen LogP contribution in [0.5, 0.6) is 11.5 Å². The first-order valence-electron chi connectivity index (χ1n) is 11.7. The molecule has 0 bridgehead atoms. The van der Waals surface area contributed by atoms with Crippen molar-refractivity contribution in [1.82, 2.24) is 0 Å². The van der Waals surface area contributed by atoms with Crippen LogP contribution in [0.2, 0.25) is 0 Å². The Hall–Kier alpha value is -3.14. The molecule has 0 aliphatic carbocycles. The van der Waals surface area contributed by atoms with Gasteiger partial charge in [0.05, 0.1) is 0 Å². The Morgan fingerprint density at radius 3 is 2.00 bits per heavy atom. The monoisotopic (exact) mass is 495 g/mol. The van der Waals surface area contributed by atoms with E-state index in [-0.39, 0.29) is 30.8 Å². The first-order valence-corrected chi connectivity index (χ1v) is 11.7. The predicted octanol–water partition coefficient (Wildman–Crippen LogP) is 4.32. The third kappa shape index (κ3) is 10.8. The molecule has 0 fully saturated rings. The molecular formula is C25H37NO9. The fourth-order valence-electron chi connectivity index (χ4n) is 3.18. The van der Waals surface area contributed by atoms with E-state index < -0.39 is 47.7 Å². The minimum atomic E-state index is -1.35. The standard InChI is InChI=1S/C25H37NO9/c1-7-9-20(27)33-18-12-11-16(14-19(18)34-21(28)10-8-2)17(22(26)23(29)30)13-15(3)32-24(31)35-25(4,5)6/h11-12,14-15,17,22H,7-10,13,26H2,1-6H3,(H,29,30)/t15?,17?,22-/m0/s1. The summed E-state index contributed by atoms with van der Waals surface area (Å²) >= 11 is 0. The van der Waals surface area contributed by atoms with Crippen molar-refractivity contribution in [2.24, 2.45) is 5.73 Å². The minimum Gasteiger partial charge on any atom is -0.480 e. The number of ether oxygens (including phenoxy) is 4. The maximum atomic E-state index is 12.2. The summed E-state index contributed by atoms with van der Waals surface area (Å²) in [6.45, 7) is 10.3. The summed E-state index contributed by atoms with van der Waals surface area (Å²) in [7, 11) is 0. The molecular weight excluding hydrogens is 458 g/mol. The number of nitrogens with two attached hydrogens (primary N) is 1. The smallest absolute Gasteiger partial charge is 0.480 e. The van der Waals surface area contributed by atoms with E-state index in [0.717, 1.165) is 0 Å². The summed E-state index contributed by atoms with van der Waals surface area (Å²) in [5, 5.41) is 9.57. The van der Waals surface area contributed by atoms with Crippen molar-refractivity contribution in [2.45, 2.75) is 97.3 Å². The fourth-order valence-corrected chi connectivity index (χ4v) is 3.18. The first-order chi connectivity index (χ1) is 16.3. The largest absolute Gasteiger partial charge is 0.509 e. The Morgan fingerprint density at radius 2 is 1.51 bits per heavy atom. The van der Waals surface area contributed by atoms with Crippen molar-refractivity contribution in [3.8, 4) is 11.5 Å². The summed E-state index contributed by atoms with van der Waals surface area (Å²) in [5.41, 5.74) is 5.62. The predicted molar refractivity (Wildman–Crippen MR) is 127 cm³/mol. The van der Waals surface area contributed by atoms with Crippen LogP contribution in [0.25, 0.3) is 0 Å². The number of rotatable bonds is 12. The number of benzene rings is 1. The second-order valence-corrected chi connectivity index (χ2v) is 9.25. The van der Waals surface area contributed by atoms with Crippen molar-refractivity contribution in [1.29, 1.82) is 0 Å². The summed E-state index contributed by atoms with van der Waals surface area (Å²) in [6.07, 6.45) is -0.137. The molecule has 1 aromatic rings. The molecule has 0 aromatic heterocycles. The lowest BCUT2D eigenvalue weighted by molar-refractivity contribution is -0.139. The first kappa shape index (κ1) is 29.9. The number of carbonyl (C=O) groups excluding carboxylic acids is 3. The molecule has 0 spiro atoms. The van der Waals surface area contributed by atoms with Crippen LogP contribution in [0.3, 0.4) is 0 Å². The second-order valence-electron chi connectivity index (χ2n) is 9.25. The third-order valence-corrected chi connectivity index (χ3v) is 4.74. The number of hydrogen-bond acceptors (Lipinski definition) is 9. The van der Waals surface area contributed by atoms with Crippen LogP contribution >= 0.6 is 0 Å². The summed E-state index contributed by atoms with van der Waals surface area (Å²) in [4.78, 5) is 47.9. The zero-order valence-electron chi connectivity index (χ0n) is 21.3. The molecule has 2 unspecified atom stereocenters. The lowest BCUT2D eigenvalue weighted by atomic mass is 9.87. The summed E-state index contributed by atoms with van der Waals surface area (Å²) in [6, 6.07) is 3.04. The molecule has 0 heterocycles. The van der Waals surface area contributed by atoms with Gasteiger partial charge in [-0.2, -0.15) is 0 Å². The molecule has 10 heteroatoms. The van der Waals surface area contributed by atoms with E-state index in [9.17, 15) is 24.3 Å². The Balaban J connectivity index is 3.27. The highest BCUT2D eigenvalue weighted by molar-refractivity contribution is 5.77. The quantitative estimate of drug-likeness (QED) is 0.317. The number of carboxylic acids is 1. The van der Waals surface area contributed by atoms with Gasteiger partial charge in [0.25, 0.3) is 0 Å². The molecule has 0 aliphatic rings. The van der Waals surface area contributed by atoms with Gasteiger partial charge in [0.2, 0.25) is 0 Å². The average Bonchev–Trinajstić information content (AvgIpc) is 2.71. The van der Waals surface area contributed by atoms with Gasteiger partial charge in [-0.05, 0) is 64.7 Å². The molecule has 0 saturated heterocycles. The van der Waals surface area contributed by atoms with Gasteiger partial charge in [-0.25, -0.2) is 4.79 Å². The van der Waals surface area contributed by atoms with E-state index in [0.29, 0.717) is 18.4 Å². The Kier molecular flexibility index (Phi) is 11.7. The van der Waals surface area contributed by atoms with Crippen molar-refractivity contribution in [3.05, 3.63) is 23.8 Å². The normalized spacial score (nSPS) is 13.8. The van der Waals surface area contributed by atoms with Gasteiger partial charge in [-0.15, -0.1) is 0 Å². The Bertz CT molecular complexity index is 891. The molecule has 1 rings (SSSR count). The lowest BCUT2D eigenvalue weighted by Gasteiger charge is -2.26. The minimum absolute atomic E-state index is 0.0197. The van der Waals surface area contributed by atoms with Crippen LogP contribution in [0.4, 0.5) is 4.79 Å². The zero-order chi connectivity index (χ0) is 26.8. The van der Waals surface area contributed by atoms with Crippen LogP contribution in [0.1, 0.15) is 85.1 Å². The Morgan fingerprint density at radius 1 is 0.971 bits per heavy atom. The van der Waals surface area contributed by atoms with Crippen molar-refractivity contribution in [2.75, 3.05) is 0 Å². The Labute approximate surface area is 206 Å². The van der Waals surface area contributed by atoms with Crippen LogP contribution < -0.4 is 15.2 Å². The number of carboxylic acid groups (broad SMARTS) is 1. The van der Waals surface area contributed by atoms with E-state index in [2.05, 4.69) is 0 Å². The van der Waals surface area contributed by atoms with Gasteiger partial charge in [0.1, 0.15) is 17.7 Å². The van der Waals surface area contributed by atoms with Gasteiger partial charge in [-0.3, -0.25) is 14.4 Å². The number of hydrogen-bond donors (Lipinski definition) is 2. The summed E-state index contributed by atoms with van der Waals surface area (Å²) in [5.74, 6) is -3.09. The van der Waals surface area contributed by atoms with Gasteiger partial charge in [0.15, 0.2) is 11.5 Å². The maximum absolute atomic E-state index is 12.2. The molecule has 0 amide bonds. The van der Waals surface area contributed by atoms with Gasteiger partial charge >= 0.3 is 24.1 Å². The molecule has 10 nitrogen and oxygen atoms in total. The zero-order valence-corrected chi connectivity index (χ0v) is 21.3. The van der Waals surface area contributed by atoms with E-state index in [1.807, 2.05) is 13.8 Å². The van der Waals surface area contributed by atoms with E-state index in [4.69, 9.17) is 24.7 Å². The maximum Gasteiger partial charge on any atom is 0.509 e. The SMILES string of the molecule is CCCC(=O)Oc1ccc(C(CC(C)OC(=O)OC(C)(C)C)[C@H](N)C(=O)O)cc1OC(=O)CCC. The van der Waals surface area contributed by atoms with Crippen molar-refractivity contribution in [3.63, 3.8) is 0 Å². The van der Waals surface area contributed by atoms with Crippen LogP contribution in [-0.2, 0) is 23.9 Å². The molecule has 0 aliphatic heterocycles. The van der Waals surface area contributed by atoms with Gasteiger partial charge < -0.3 is 29.8 Å². The van der Waals surface area contributed by atoms with Crippen LogP contribution in [-0.4, -0.2) is 46.9 Å². The highest BCUT2D eigenvalue weighted by atomic mass is 16.7. The van der Waals surface area contributed by atoms with Gasteiger partial charge in [-0.1, -0.05) is 19.9 Å². The van der Waals surface area contributed by atoms with Crippen LogP contribution in [0, 0.1) is 0 Å². The van der Waals surface area contributed by atoms with E-state index in [1.165, 1.54) is 12.1 Å². The van der Waals surface area contributed by atoms with Crippen LogP contribution in [0.15, 0.2) is 18.2 Å². The second kappa shape index (κ2) is 13.7. The molecule has 1 aromatic carbocycles. The van der Waals surface area contributed by atoms with E-state index >= 15 is 0 Å². The molecule has 0 saturated carbocycles. The highest BCUT2D eigenvalue weighted by Crippen LogP contribution is 2.35. The topological polar surface area (TPSA) is 151 Å². The van der Waals surface area contributed by atoms with E-state index in [1.54, 1.807) is 33.8 Å². The fraction of sp³-hybridized carbons (Fsp3) is 0.600. The number of carbonyl (C=O) groups is 4. The third-order valence-electron chi connectivity index (χ3n) is 4.74. The highest BCUT2D eigenvalue weighted by Gasteiger charge is 2.31. The molecule has 35 heavy (non-hydrogen) atoms. The number of aliphatic carboxylic acids is 1. The molecule has 3 N–H and O–H groups in total. The van der Waals surface area contributed by atoms with Crippen molar-refractivity contribution >= 4 is 24.1 Å². The molecule has 196 valence electrons. The summed E-state index contributed by atoms with van der Waals surface area (Å²) < 4.78 is 21.2. The van der Waals surface area contributed by atoms with Gasteiger partial charge in [0, 0.05) is 18.8 Å². The lowest BCUT2D eigenvalue weighted by Crippen LogP contribution is -2.38. The van der Waals surface area contributed by atoms with Crippen molar-refractivity contribution < 1.29 is 43.2 Å². The number of esters is 2. The molecule has 0 radical (unpaired) electrons. The molecule has 3 atom stereocenters. The average molecular weight is 496 g/mol.